The van der Waals surface area contributed by atoms with Crippen molar-refractivity contribution < 1.29 is 4.79 Å². The number of anilines is 1. The van der Waals surface area contributed by atoms with Crippen LogP contribution < -0.4 is 11.2 Å². The zero-order valence-electron chi connectivity index (χ0n) is 10.3. The number of amides is 1. The van der Waals surface area contributed by atoms with Crippen LogP contribution in [0.5, 0.6) is 0 Å². The average molecular weight is 345 g/mol. The monoisotopic (exact) mass is 343 g/mol. The van der Waals surface area contributed by atoms with Gasteiger partial charge in [-0.15, -0.1) is 0 Å². The van der Waals surface area contributed by atoms with Crippen LogP contribution >= 0.6 is 34.8 Å². The normalized spacial score (nSPS) is 10.8. The lowest BCUT2D eigenvalue weighted by atomic mass is 10.3. The highest BCUT2D eigenvalue weighted by Gasteiger charge is 2.19. The molecule has 1 amide bonds. The van der Waals surface area contributed by atoms with E-state index in [0.717, 1.165) is 5.56 Å². The Morgan fingerprint density at radius 1 is 1.24 bits per heavy atom. The van der Waals surface area contributed by atoms with Gasteiger partial charge in [-0.25, -0.2) is 10.4 Å². The van der Waals surface area contributed by atoms with Crippen LogP contribution in [0.3, 0.4) is 0 Å². The van der Waals surface area contributed by atoms with E-state index in [9.17, 15) is 4.79 Å². The maximum atomic E-state index is 11.9. The van der Waals surface area contributed by atoms with E-state index in [0.29, 0.717) is 0 Å². The molecule has 2 heterocycles. The third kappa shape index (κ3) is 3.60. The van der Waals surface area contributed by atoms with Gasteiger partial charge in [-0.2, -0.15) is 5.10 Å². The molecule has 0 radical (unpaired) electrons. The van der Waals surface area contributed by atoms with E-state index in [1.54, 1.807) is 24.5 Å². The van der Waals surface area contributed by atoms with Crippen LogP contribution in [-0.4, -0.2) is 22.1 Å². The highest BCUT2D eigenvalue weighted by atomic mass is 35.5. The molecule has 9 heteroatoms. The van der Waals surface area contributed by atoms with Crippen LogP contribution in [0, 0.1) is 0 Å². The molecule has 0 aliphatic rings. The first-order valence-electron chi connectivity index (χ1n) is 5.54. The molecule has 2 aromatic heterocycles. The number of nitrogens with two attached hydrogens (primary N) is 1. The van der Waals surface area contributed by atoms with Crippen LogP contribution in [0.4, 0.5) is 5.69 Å². The molecule has 0 unspecified atom stereocenters. The van der Waals surface area contributed by atoms with Gasteiger partial charge in [0.15, 0.2) is 10.8 Å². The van der Waals surface area contributed by atoms with Crippen LogP contribution in [-0.2, 0) is 0 Å². The zero-order valence-corrected chi connectivity index (χ0v) is 12.6. The smallest absolute Gasteiger partial charge is 0.291 e. The van der Waals surface area contributed by atoms with Gasteiger partial charge in [-0.3, -0.25) is 9.78 Å². The maximum Gasteiger partial charge on any atom is 0.291 e. The second kappa shape index (κ2) is 6.71. The average Bonchev–Trinajstić information content (AvgIpc) is 2.49. The Morgan fingerprint density at radius 3 is 2.57 bits per heavy atom. The highest BCUT2D eigenvalue weighted by molar-refractivity contribution is 6.46. The first kappa shape index (κ1) is 15.5. The van der Waals surface area contributed by atoms with E-state index >= 15 is 0 Å². The van der Waals surface area contributed by atoms with E-state index in [-0.39, 0.29) is 26.6 Å². The van der Waals surface area contributed by atoms with Crippen molar-refractivity contribution >= 4 is 52.6 Å². The molecular weight excluding hydrogens is 337 g/mol. The minimum atomic E-state index is -0.657. The lowest BCUT2D eigenvalue weighted by Crippen LogP contribution is -2.20. The molecule has 0 atom stereocenters. The number of hydrogen-bond donors (Lipinski definition) is 2. The van der Waals surface area contributed by atoms with E-state index in [4.69, 9.17) is 40.5 Å². The summed E-state index contributed by atoms with van der Waals surface area (Å²) in [5, 5.41) is 3.58. The third-order valence-corrected chi connectivity index (χ3v) is 3.51. The molecule has 108 valence electrons. The number of aromatic nitrogens is 2. The second-order valence-corrected chi connectivity index (χ2v) is 4.89. The second-order valence-electron chi connectivity index (χ2n) is 3.77. The first-order chi connectivity index (χ1) is 10.0. The summed E-state index contributed by atoms with van der Waals surface area (Å²) in [5.41, 5.74) is 8.49. The number of hydrogen-bond acceptors (Lipinski definition) is 5. The molecule has 0 saturated heterocycles. The summed E-state index contributed by atoms with van der Waals surface area (Å²) in [4.78, 5) is 19.6. The van der Waals surface area contributed by atoms with E-state index < -0.39 is 5.91 Å². The topological polar surface area (TPSA) is 93.3 Å². The van der Waals surface area contributed by atoms with Gasteiger partial charge in [0, 0.05) is 12.4 Å². The predicted molar refractivity (Wildman–Crippen MR) is 83.0 cm³/mol. The molecule has 0 bridgehead atoms. The number of hydrazone groups is 1. The van der Waals surface area contributed by atoms with Gasteiger partial charge in [-0.1, -0.05) is 34.8 Å². The largest absolute Gasteiger partial charge is 0.396 e. The fourth-order valence-corrected chi connectivity index (χ4v) is 1.94. The SMILES string of the molecule is Nc1c(Cl)c(Cl)nc(C(=O)NN=Cc2ccncc2)c1Cl. The quantitative estimate of drug-likeness (QED) is 0.508. The van der Waals surface area contributed by atoms with Crippen LogP contribution in [0.2, 0.25) is 15.2 Å². The molecule has 0 fully saturated rings. The molecule has 2 aromatic rings. The fraction of sp³-hybridized carbons (Fsp3) is 0. The van der Waals surface area contributed by atoms with Gasteiger partial charge in [0.2, 0.25) is 0 Å². The summed E-state index contributed by atoms with van der Waals surface area (Å²) >= 11 is 17.4. The highest BCUT2D eigenvalue weighted by Crippen LogP contribution is 2.34. The molecule has 6 nitrogen and oxygen atoms in total. The van der Waals surface area contributed by atoms with Crippen LogP contribution in [0.25, 0.3) is 0 Å². The first-order valence-corrected chi connectivity index (χ1v) is 6.67. The van der Waals surface area contributed by atoms with E-state index in [2.05, 4.69) is 20.5 Å². The Kier molecular flexibility index (Phi) is 4.95. The summed E-state index contributed by atoms with van der Waals surface area (Å²) in [5.74, 6) is -0.657. The molecule has 0 saturated carbocycles. The fourth-order valence-electron chi connectivity index (χ4n) is 1.35. The van der Waals surface area contributed by atoms with Crippen molar-refractivity contribution in [2.45, 2.75) is 0 Å². The maximum absolute atomic E-state index is 11.9. The number of carbonyl (C=O) groups excluding carboxylic acids is 1. The molecule has 21 heavy (non-hydrogen) atoms. The Bertz CT molecular complexity index is 706. The minimum Gasteiger partial charge on any atom is -0.396 e. The zero-order chi connectivity index (χ0) is 15.4. The van der Waals surface area contributed by atoms with Gasteiger partial charge < -0.3 is 5.73 Å². The molecule has 3 N–H and O–H groups in total. The van der Waals surface area contributed by atoms with Crippen LogP contribution in [0.1, 0.15) is 16.1 Å². The molecule has 2 rings (SSSR count). The van der Waals surface area contributed by atoms with Crippen molar-refractivity contribution in [3.8, 4) is 0 Å². The summed E-state index contributed by atoms with van der Waals surface area (Å²) in [7, 11) is 0. The third-order valence-electron chi connectivity index (χ3n) is 2.37. The van der Waals surface area contributed by atoms with Crippen molar-refractivity contribution in [2.75, 3.05) is 5.73 Å². The molecule has 0 aliphatic carbocycles. The van der Waals surface area contributed by atoms with Crippen molar-refractivity contribution in [3.63, 3.8) is 0 Å². The lowest BCUT2D eigenvalue weighted by molar-refractivity contribution is 0.0950. The van der Waals surface area contributed by atoms with Crippen molar-refractivity contribution in [2.24, 2.45) is 5.10 Å². The Balaban J connectivity index is 2.16. The molecular formula is C12H8Cl3N5O. The summed E-state index contributed by atoms with van der Waals surface area (Å²) in [6.07, 6.45) is 4.64. The Labute approximate surface area is 134 Å². The summed E-state index contributed by atoms with van der Waals surface area (Å²) in [6, 6.07) is 3.44. The summed E-state index contributed by atoms with van der Waals surface area (Å²) < 4.78 is 0. The van der Waals surface area contributed by atoms with E-state index in [1.807, 2.05) is 0 Å². The summed E-state index contributed by atoms with van der Waals surface area (Å²) in [6.45, 7) is 0. The number of carbonyl (C=O) groups is 1. The minimum absolute atomic E-state index is 0.00139. The van der Waals surface area contributed by atoms with E-state index in [1.165, 1.54) is 6.21 Å². The number of rotatable bonds is 3. The Hall–Kier alpha value is -1.89. The number of nitrogen functional groups attached to an aromatic ring is 1. The molecule has 0 spiro atoms. The van der Waals surface area contributed by atoms with Crippen molar-refractivity contribution in [3.05, 3.63) is 51.0 Å². The van der Waals surface area contributed by atoms with Crippen LogP contribution in [0.15, 0.2) is 29.6 Å². The van der Waals surface area contributed by atoms with Crippen molar-refractivity contribution in [1.82, 2.24) is 15.4 Å². The number of nitrogens with one attached hydrogen (secondary N) is 1. The van der Waals surface area contributed by atoms with Crippen molar-refractivity contribution in [1.29, 1.82) is 0 Å². The van der Waals surface area contributed by atoms with Gasteiger partial charge in [-0.05, 0) is 17.7 Å². The lowest BCUT2D eigenvalue weighted by Gasteiger charge is -2.07. The van der Waals surface area contributed by atoms with Gasteiger partial charge in [0.25, 0.3) is 5.91 Å². The number of nitrogens with zero attached hydrogens (tertiary/aromatic N) is 3. The van der Waals surface area contributed by atoms with Gasteiger partial charge in [0.05, 0.1) is 16.9 Å². The Morgan fingerprint density at radius 2 is 1.90 bits per heavy atom. The standard InChI is InChI=1S/C12H8Cl3N5O/c13-7-9(16)8(14)11(15)19-10(7)12(21)20-18-5-6-1-3-17-4-2-6/h1-5H,(H2,16,19)(H,20,21). The molecule has 0 aromatic carbocycles. The number of halogens is 3. The van der Waals surface area contributed by atoms with Gasteiger partial charge in [0.1, 0.15) is 5.02 Å². The predicted octanol–water partition coefficient (Wildman–Crippen LogP) is 2.78. The van der Waals surface area contributed by atoms with Gasteiger partial charge >= 0.3 is 0 Å². The number of pyridine rings is 2. The molecule has 0 aliphatic heterocycles.